The van der Waals surface area contributed by atoms with Crippen LogP contribution in [0.15, 0.2) is 36.4 Å². The molecule has 0 spiro atoms. The maximum atomic E-state index is 12.1. The minimum absolute atomic E-state index is 0.0195. The molecular formula is C19H26N4O2. The lowest BCUT2D eigenvalue weighted by Gasteiger charge is -2.24. The summed E-state index contributed by atoms with van der Waals surface area (Å²) >= 11 is 0. The topological polar surface area (TPSA) is 70.2 Å². The Bertz CT molecular complexity index is 671. The van der Waals surface area contributed by atoms with Crippen LogP contribution < -0.4 is 5.32 Å². The van der Waals surface area contributed by atoms with Gasteiger partial charge in [0.25, 0.3) is 0 Å². The lowest BCUT2D eigenvalue weighted by Crippen LogP contribution is -2.40. The van der Waals surface area contributed by atoms with Crippen molar-refractivity contribution in [3.63, 3.8) is 0 Å². The van der Waals surface area contributed by atoms with E-state index in [0.717, 1.165) is 44.0 Å². The average molecular weight is 342 g/mol. The Hall–Kier alpha value is -2.18. The van der Waals surface area contributed by atoms with Gasteiger partial charge in [-0.1, -0.05) is 30.3 Å². The lowest BCUT2D eigenvalue weighted by molar-refractivity contribution is -0.121. The maximum Gasteiger partial charge on any atom is 0.226 e. The molecule has 1 aliphatic heterocycles. The largest absolute Gasteiger partial charge is 0.375 e. The number of rotatable bonds is 6. The molecule has 2 N–H and O–H groups in total. The molecule has 0 saturated carbocycles. The first-order chi connectivity index (χ1) is 12.2. The number of carbonyl (C=O) groups is 1. The Morgan fingerprint density at radius 3 is 3.00 bits per heavy atom. The van der Waals surface area contributed by atoms with Gasteiger partial charge in [0, 0.05) is 38.5 Å². The minimum Gasteiger partial charge on any atom is -0.375 e. The summed E-state index contributed by atoms with van der Waals surface area (Å²) in [5.74, 6) is -0.0195. The van der Waals surface area contributed by atoms with E-state index in [1.165, 1.54) is 5.56 Å². The Labute approximate surface area is 148 Å². The smallest absolute Gasteiger partial charge is 0.226 e. The Morgan fingerprint density at radius 1 is 1.40 bits per heavy atom. The van der Waals surface area contributed by atoms with E-state index >= 15 is 0 Å². The number of carbonyl (C=O) groups excluding carboxylic acids is 1. The van der Waals surface area contributed by atoms with Crippen molar-refractivity contribution in [2.45, 2.75) is 32.4 Å². The summed E-state index contributed by atoms with van der Waals surface area (Å²) in [6.07, 6.45) is 1.34. The second kappa shape index (κ2) is 8.78. The molecule has 1 aromatic carbocycles. The first-order valence-electron chi connectivity index (χ1n) is 8.84. The van der Waals surface area contributed by atoms with Crippen molar-refractivity contribution in [1.29, 1.82) is 0 Å². The van der Waals surface area contributed by atoms with Crippen molar-refractivity contribution >= 4 is 5.91 Å². The number of hydrogen-bond acceptors (Lipinski definition) is 4. The fourth-order valence-electron chi connectivity index (χ4n) is 3.10. The highest BCUT2D eigenvalue weighted by molar-refractivity contribution is 5.78. The zero-order valence-corrected chi connectivity index (χ0v) is 14.7. The third-order valence-electron chi connectivity index (χ3n) is 4.31. The summed E-state index contributed by atoms with van der Waals surface area (Å²) < 4.78 is 5.90. The van der Waals surface area contributed by atoms with E-state index in [0.29, 0.717) is 13.0 Å². The molecule has 1 aliphatic rings. The summed E-state index contributed by atoms with van der Waals surface area (Å²) in [6, 6.07) is 12.4. The second-order valence-corrected chi connectivity index (χ2v) is 6.59. The predicted molar refractivity (Wildman–Crippen MR) is 96.1 cm³/mol. The van der Waals surface area contributed by atoms with Crippen LogP contribution in [0.3, 0.4) is 0 Å². The van der Waals surface area contributed by atoms with Gasteiger partial charge < -0.3 is 10.1 Å². The number of hydrogen-bond donors (Lipinski definition) is 2. The molecule has 25 heavy (non-hydrogen) atoms. The van der Waals surface area contributed by atoms with Gasteiger partial charge in [0.1, 0.15) is 0 Å². The van der Waals surface area contributed by atoms with E-state index in [4.69, 9.17) is 4.74 Å². The van der Waals surface area contributed by atoms with Gasteiger partial charge in [-0.2, -0.15) is 5.10 Å². The highest BCUT2D eigenvalue weighted by atomic mass is 16.5. The molecule has 1 fully saturated rings. The van der Waals surface area contributed by atoms with Crippen molar-refractivity contribution in [3.8, 4) is 0 Å². The molecule has 3 rings (SSSR count). The molecule has 2 aromatic rings. The standard InChI is InChI=1S/C19H26N4O2/c1-15-10-17(22-21-15)11-19(24)20-12-18-14-23(8-5-9-25-18)13-16-6-3-2-4-7-16/h2-4,6-7,10,18H,5,8-9,11-14H2,1H3,(H,20,24)(H,21,22)/t18-/m0/s1. The molecule has 0 bridgehead atoms. The van der Waals surface area contributed by atoms with E-state index in [1.807, 2.05) is 19.1 Å². The minimum atomic E-state index is -0.0195. The van der Waals surface area contributed by atoms with Crippen molar-refractivity contribution in [2.75, 3.05) is 26.2 Å². The summed E-state index contributed by atoms with van der Waals surface area (Å²) in [6.45, 7) is 5.97. The van der Waals surface area contributed by atoms with E-state index < -0.39 is 0 Å². The van der Waals surface area contributed by atoms with Gasteiger partial charge in [-0.15, -0.1) is 0 Å². The van der Waals surface area contributed by atoms with Gasteiger partial charge in [0.15, 0.2) is 0 Å². The lowest BCUT2D eigenvalue weighted by atomic mass is 10.2. The monoisotopic (exact) mass is 342 g/mol. The van der Waals surface area contributed by atoms with Crippen molar-refractivity contribution < 1.29 is 9.53 Å². The molecule has 1 amide bonds. The SMILES string of the molecule is Cc1cc(CC(=O)NC[C@H]2CN(Cc3ccccc3)CCCO2)n[nH]1. The molecule has 0 aliphatic carbocycles. The predicted octanol–water partition coefficient (Wildman–Crippen LogP) is 1.67. The van der Waals surface area contributed by atoms with Crippen LogP contribution in [0.1, 0.15) is 23.4 Å². The number of aromatic nitrogens is 2. The van der Waals surface area contributed by atoms with Crippen LogP contribution >= 0.6 is 0 Å². The fraction of sp³-hybridized carbons (Fsp3) is 0.474. The molecule has 1 aromatic heterocycles. The van der Waals surface area contributed by atoms with Gasteiger partial charge in [-0.25, -0.2) is 0 Å². The van der Waals surface area contributed by atoms with Crippen LogP contribution in [-0.4, -0.2) is 53.3 Å². The van der Waals surface area contributed by atoms with Gasteiger partial charge in [0.05, 0.1) is 18.2 Å². The normalized spacial score (nSPS) is 18.7. The zero-order chi connectivity index (χ0) is 17.5. The Balaban J connectivity index is 1.46. The van der Waals surface area contributed by atoms with Crippen LogP contribution in [0.25, 0.3) is 0 Å². The summed E-state index contributed by atoms with van der Waals surface area (Å²) in [5, 5.41) is 9.93. The molecule has 1 saturated heterocycles. The molecule has 1 atom stereocenters. The average Bonchev–Trinajstić information content (AvgIpc) is 2.88. The molecule has 6 nitrogen and oxygen atoms in total. The molecule has 0 radical (unpaired) electrons. The fourth-order valence-corrected chi connectivity index (χ4v) is 3.10. The third-order valence-corrected chi connectivity index (χ3v) is 4.31. The first-order valence-corrected chi connectivity index (χ1v) is 8.84. The number of aryl methyl sites for hydroxylation is 1. The Morgan fingerprint density at radius 2 is 2.24 bits per heavy atom. The third kappa shape index (κ3) is 5.69. The van der Waals surface area contributed by atoms with E-state index in [9.17, 15) is 4.79 Å². The number of ether oxygens (including phenoxy) is 1. The van der Waals surface area contributed by atoms with E-state index in [-0.39, 0.29) is 12.0 Å². The van der Waals surface area contributed by atoms with Gasteiger partial charge >= 0.3 is 0 Å². The van der Waals surface area contributed by atoms with Crippen LogP contribution in [0.2, 0.25) is 0 Å². The van der Waals surface area contributed by atoms with Crippen LogP contribution in [-0.2, 0) is 22.5 Å². The van der Waals surface area contributed by atoms with Crippen LogP contribution in [0.4, 0.5) is 0 Å². The number of nitrogens with one attached hydrogen (secondary N) is 2. The molecule has 6 heteroatoms. The van der Waals surface area contributed by atoms with E-state index in [2.05, 4.69) is 44.7 Å². The molecule has 134 valence electrons. The summed E-state index contributed by atoms with van der Waals surface area (Å²) in [4.78, 5) is 14.5. The number of H-pyrrole nitrogens is 1. The summed E-state index contributed by atoms with van der Waals surface area (Å²) in [5.41, 5.74) is 3.04. The molecular weight excluding hydrogens is 316 g/mol. The van der Waals surface area contributed by atoms with Crippen LogP contribution in [0.5, 0.6) is 0 Å². The number of amides is 1. The van der Waals surface area contributed by atoms with Crippen molar-refractivity contribution in [3.05, 3.63) is 53.3 Å². The maximum absolute atomic E-state index is 12.1. The van der Waals surface area contributed by atoms with Gasteiger partial charge in [-0.05, 0) is 25.0 Å². The molecule has 0 unspecified atom stereocenters. The Kier molecular flexibility index (Phi) is 6.19. The van der Waals surface area contributed by atoms with Crippen LogP contribution in [0, 0.1) is 6.92 Å². The highest BCUT2D eigenvalue weighted by Gasteiger charge is 2.19. The summed E-state index contributed by atoms with van der Waals surface area (Å²) in [7, 11) is 0. The van der Waals surface area contributed by atoms with Crippen molar-refractivity contribution in [1.82, 2.24) is 20.4 Å². The zero-order valence-electron chi connectivity index (χ0n) is 14.7. The van der Waals surface area contributed by atoms with Crippen molar-refractivity contribution in [2.24, 2.45) is 0 Å². The van der Waals surface area contributed by atoms with Gasteiger partial charge in [0.2, 0.25) is 5.91 Å². The number of nitrogens with zero attached hydrogens (tertiary/aromatic N) is 2. The van der Waals surface area contributed by atoms with Gasteiger partial charge in [-0.3, -0.25) is 14.8 Å². The number of aromatic amines is 1. The highest BCUT2D eigenvalue weighted by Crippen LogP contribution is 2.10. The molecule has 2 heterocycles. The number of benzene rings is 1. The first kappa shape index (κ1) is 17.6. The second-order valence-electron chi connectivity index (χ2n) is 6.59. The van der Waals surface area contributed by atoms with E-state index in [1.54, 1.807) is 0 Å². The quantitative estimate of drug-likeness (QED) is 0.838.